The van der Waals surface area contributed by atoms with E-state index in [1.54, 1.807) is 21.3 Å². The van der Waals surface area contributed by atoms with Crippen molar-refractivity contribution in [2.75, 3.05) is 21.3 Å². The molecule has 2 aromatic carbocycles. The molecule has 0 N–H and O–H groups in total. The number of ether oxygens (including phenoxy) is 3. The van der Waals surface area contributed by atoms with Gasteiger partial charge in [0.25, 0.3) is 0 Å². The van der Waals surface area contributed by atoms with E-state index in [2.05, 4.69) is 6.07 Å². The molecule has 0 saturated heterocycles. The van der Waals surface area contributed by atoms with Crippen LogP contribution in [-0.2, 0) is 0 Å². The minimum Gasteiger partial charge on any atom is -0.496 e. The summed E-state index contributed by atoms with van der Waals surface area (Å²) in [5, 5.41) is 0. The highest BCUT2D eigenvalue weighted by atomic mass is 16.5. The van der Waals surface area contributed by atoms with Crippen LogP contribution in [0, 0.1) is 6.92 Å². The van der Waals surface area contributed by atoms with Crippen molar-refractivity contribution >= 4 is 0 Å². The highest BCUT2D eigenvalue weighted by Gasteiger charge is 2.07. The lowest BCUT2D eigenvalue weighted by atomic mass is 10.0. The van der Waals surface area contributed by atoms with E-state index in [0.717, 1.165) is 33.9 Å². The maximum Gasteiger partial charge on any atom is 0.161 e. The van der Waals surface area contributed by atoms with E-state index in [1.165, 1.54) is 0 Å². The zero-order chi connectivity index (χ0) is 13.8. The van der Waals surface area contributed by atoms with Gasteiger partial charge in [0, 0.05) is 0 Å². The molecule has 0 aliphatic carbocycles. The fourth-order valence-corrected chi connectivity index (χ4v) is 2.07. The molecule has 2 aromatic rings. The molecule has 0 radical (unpaired) electrons. The Balaban J connectivity index is 2.44. The average molecular weight is 258 g/mol. The molecular weight excluding hydrogens is 240 g/mol. The predicted octanol–water partition coefficient (Wildman–Crippen LogP) is 3.69. The second-order valence-electron chi connectivity index (χ2n) is 4.25. The highest BCUT2D eigenvalue weighted by molar-refractivity contribution is 5.68. The van der Waals surface area contributed by atoms with Crippen LogP contribution in [0.25, 0.3) is 11.1 Å². The molecular formula is C16H18O3. The number of hydrogen-bond donors (Lipinski definition) is 0. The van der Waals surface area contributed by atoms with Gasteiger partial charge in [-0.25, -0.2) is 0 Å². The Labute approximate surface area is 113 Å². The minimum absolute atomic E-state index is 0.730. The SMILES string of the molecule is COc1ccc(-c2ccc(OC)c(OC)c2)cc1C. The quantitative estimate of drug-likeness (QED) is 0.837. The second-order valence-corrected chi connectivity index (χ2v) is 4.25. The Kier molecular flexibility index (Phi) is 3.95. The first-order chi connectivity index (χ1) is 9.19. The van der Waals surface area contributed by atoms with Gasteiger partial charge in [-0.3, -0.25) is 0 Å². The van der Waals surface area contributed by atoms with Crippen molar-refractivity contribution in [3.8, 4) is 28.4 Å². The smallest absolute Gasteiger partial charge is 0.161 e. The van der Waals surface area contributed by atoms with Crippen molar-refractivity contribution in [2.45, 2.75) is 6.92 Å². The van der Waals surface area contributed by atoms with Gasteiger partial charge < -0.3 is 14.2 Å². The summed E-state index contributed by atoms with van der Waals surface area (Å²) in [6, 6.07) is 12.0. The average Bonchev–Trinajstić information content (AvgIpc) is 2.46. The van der Waals surface area contributed by atoms with Crippen molar-refractivity contribution in [2.24, 2.45) is 0 Å². The predicted molar refractivity (Wildman–Crippen MR) is 76.3 cm³/mol. The molecule has 0 atom stereocenters. The van der Waals surface area contributed by atoms with Crippen LogP contribution in [0.1, 0.15) is 5.56 Å². The molecule has 0 aliphatic heterocycles. The van der Waals surface area contributed by atoms with E-state index in [0.29, 0.717) is 0 Å². The summed E-state index contributed by atoms with van der Waals surface area (Å²) in [6.07, 6.45) is 0. The van der Waals surface area contributed by atoms with Crippen molar-refractivity contribution < 1.29 is 14.2 Å². The van der Waals surface area contributed by atoms with Gasteiger partial charge in [-0.2, -0.15) is 0 Å². The summed E-state index contributed by atoms with van der Waals surface area (Å²) in [4.78, 5) is 0. The Hall–Kier alpha value is -2.16. The maximum atomic E-state index is 5.32. The zero-order valence-corrected chi connectivity index (χ0v) is 11.7. The fraction of sp³-hybridized carbons (Fsp3) is 0.250. The van der Waals surface area contributed by atoms with Crippen LogP contribution < -0.4 is 14.2 Å². The molecule has 100 valence electrons. The van der Waals surface area contributed by atoms with Gasteiger partial charge >= 0.3 is 0 Å². The maximum absolute atomic E-state index is 5.32. The lowest BCUT2D eigenvalue weighted by Gasteiger charge is -2.11. The van der Waals surface area contributed by atoms with Gasteiger partial charge in [-0.1, -0.05) is 12.1 Å². The Morgan fingerprint density at radius 3 is 1.68 bits per heavy atom. The van der Waals surface area contributed by atoms with Crippen molar-refractivity contribution in [3.63, 3.8) is 0 Å². The van der Waals surface area contributed by atoms with Crippen molar-refractivity contribution in [3.05, 3.63) is 42.0 Å². The highest BCUT2D eigenvalue weighted by Crippen LogP contribution is 2.33. The summed E-state index contributed by atoms with van der Waals surface area (Å²) in [5.41, 5.74) is 3.32. The minimum atomic E-state index is 0.730. The molecule has 0 heterocycles. The number of methoxy groups -OCH3 is 3. The first-order valence-electron chi connectivity index (χ1n) is 6.06. The van der Waals surface area contributed by atoms with Crippen LogP contribution in [0.15, 0.2) is 36.4 Å². The fourth-order valence-electron chi connectivity index (χ4n) is 2.07. The van der Waals surface area contributed by atoms with E-state index < -0.39 is 0 Å². The van der Waals surface area contributed by atoms with Gasteiger partial charge in [-0.05, 0) is 47.9 Å². The number of benzene rings is 2. The van der Waals surface area contributed by atoms with Crippen molar-refractivity contribution in [1.82, 2.24) is 0 Å². The second kappa shape index (κ2) is 5.65. The number of aryl methyl sites for hydroxylation is 1. The van der Waals surface area contributed by atoms with Crippen LogP contribution >= 0.6 is 0 Å². The third kappa shape index (κ3) is 2.65. The molecule has 0 fully saturated rings. The van der Waals surface area contributed by atoms with Crippen LogP contribution in [0.3, 0.4) is 0 Å². The first kappa shape index (κ1) is 13.3. The molecule has 0 aliphatic rings. The lowest BCUT2D eigenvalue weighted by Crippen LogP contribution is -1.91. The first-order valence-corrected chi connectivity index (χ1v) is 6.06. The summed E-state index contributed by atoms with van der Waals surface area (Å²) in [6.45, 7) is 2.03. The zero-order valence-electron chi connectivity index (χ0n) is 11.7. The molecule has 0 bridgehead atoms. The summed E-state index contributed by atoms with van der Waals surface area (Å²) >= 11 is 0. The number of hydrogen-bond acceptors (Lipinski definition) is 3. The Bertz CT molecular complexity index is 576. The summed E-state index contributed by atoms with van der Waals surface area (Å²) in [7, 11) is 4.95. The molecule has 0 spiro atoms. The molecule has 3 heteroatoms. The molecule has 19 heavy (non-hydrogen) atoms. The standard InChI is InChI=1S/C16H18O3/c1-11-9-12(5-7-14(11)17-2)13-6-8-15(18-3)16(10-13)19-4/h5-10H,1-4H3. The van der Waals surface area contributed by atoms with Crippen molar-refractivity contribution in [1.29, 1.82) is 0 Å². The van der Waals surface area contributed by atoms with E-state index in [1.807, 2.05) is 37.3 Å². The van der Waals surface area contributed by atoms with Crippen LogP contribution in [0.4, 0.5) is 0 Å². The van der Waals surface area contributed by atoms with Gasteiger partial charge in [0.05, 0.1) is 21.3 Å². The van der Waals surface area contributed by atoms with Crippen LogP contribution in [-0.4, -0.2) is 21.3 Å². The van der Waals surface area contributed by atoms with Crippen LogP contribution in [0.5, 0.6) is 17.2 Å². The third-order valence-corrected chi connectivity index (χ3v) is 3.11. The summed E-state index contributed by atoms with van der Waals surface area (Å²) in [5.74, 6) is 2.36. The Morgan fingerprint density at radius 2 is 1.16 bits per heavy atom. The van der Waals surface area contributed by atoms with E-state index >= 15 is 0 Å². The topological polar surface area (TPSA) is 27.7 Å². The molecule has 0 saturated carbocycles. The lowest BCUT2D eigenvalue weighted by molar-refractivity contribution is 0.355. The van der Waals surface area contributed by atoms with Gasteiger partial charge in [0.15, 0.2) is 11.5 Å². The molecule has 2 rings (SSSR count). The summed E-state index contributed by atoms with van der Waals surface area (Å²) < 4.78 is 15.8. The normalized spacial score (nSPS) is 10.1. The molecule has 0 aromatic heterocycles. The largest absolute Gasteiger partial charge is 0.496 e. The monoisotopic (exact) mass is 258 g/mol. The Morgan fingerprint density at radius 1 is 0.632 bits per heavy atom. The van der Waals surface area contributed by atoms with Gasteiger partial charge in [-0.15, -0.1) is 0 Å². The van der Waals surface area contributed by atoms with E-state index in [9.17, 15) is 0 Å². The van der Waals surface area contributed by atoms with E-state index in [4.69, 9.17) is 14.2 Å². The van der Waals surface area contributed by atoms with Crippen LogP contribution in [0.2, 0.25) is 0 Å². The molecule has 0 amide bonds. The van der Waals surface area contributed by atoms with Gasteiger partial charge in [0.1, 0.15) is 5.75 Å². The molecule has 3 nitrogen and oxygen atoms in total. The number of rotatable bonds is 4. The van der Waals surface area contributed by atoms with Gasteiger partial charge in [0.2, 0.25) is 0 Å². The third-order valence-electron chi connectivity index (χ3n) is 3.11. The molecule has 0 unspecified atom stereocenters. The van der Waals surface area contributed by atoms with E-state index in [-0.39, 0.29) is 0 Å².